The van der Waals surface area contributed by atoms with E-state index in [9.17, 15) is 9.59 Å². The van der Waals surface area contributed by atoms with Crippen molar-refractivity contribution in [3.63, 3.8) is 0 Å². The fourth-order valence-electron chi connectivity index (χ4n) is 3.28. The number of hydrogen-bond donors (Lipinski definition) is 1. The molecule has 37 heavy (non-hydrogen) atoms. The Hall–Kier alpha value is -4.27. The van der Waals surface area contributed by atoms with Crippen LogP contribution < -0.4 is 14.9 Å². The molecule has 0 bridgehead atoms. The lowest BCUT2D eigenvalue weighted by Gasteiger charge is -2.11. The second kappa shape index (κ2) is 11.6. The van der Waals surface area contributed by atoms with Gasteiger partial charge in [-0.15, -0.1) is 0 Å². The number of esters is 2. The highest BCUT2D eigenvalue weighted by atomic mass is 35.5. The van der Waals surface area contributed by atoms with E-state index in [1.54, 1.807) is 54.6 Å². The Morgan fingerprint density at radius 3 is 1.97 bits per heavy atom. The van der Waals surface area contributed by atoms with Crippen LogP contribution >= 0.6 is 23.2 Å². The van der Waals surface area contributed by atoms with Crippen molar-refractivity contribution in [2.24, 2.45) is 5.10 Å². The summed E-state index contributed by atoms with van der Waals surface area (Å²) in [5.74, 6) is -0.825. The molecule has 0 unspecified atom stereocenters. The molecular formula is C27H20Cl2N4O4. The molecule has 1 heterocycles. The largest absolute Gasteiger partial charge is 0.423 e. The van der Waals surface area contributed by atoms with Crippen molar-refractivity contribution in [3.8, 4) is 11.5 Å². The van der Waals surface area contributed by atoms with Crippen LogP contribution in [0.1, 0.15) is 37.7 Å². The van der Waals surface area contributed by atoms with Crippen LogP contribution in [0.25, 0.3) is 0 Å². The predicted octanol–water partition coefficient (Wildman–Crippen LogP) is 6.28. The average Bonchev–Trinajstić information content (AvgIpc) is 2.85. The molecule has 0 saturated carbocycles. The highest BCUT2D eigenvalue weighted by Gasteiger charge is 2.17. The maximum absolute atomic E-state index is 12.8. The maximum Gasteiger partial charge on any atom is 0.345 e. The van der Waals surface area contributed by atoms with Crippen molar-refractivity contribution in [2.45, 2.75) is 13.8 Å². The van der Waals surface area contributed by atoms with Crippen molar-refractivity contribution in [1.82, 2.24) is 9.97 Å². The number of rotatable bonds is 7. The van der Waals surface area contributed by atoms with E-state index in [0.29, 0.717) is 11.5 Å². The number of nitrogens with zero attached hydrogens (tertiary/aromatic N) is 3. The third-order valence-corrected chi connectivity index (χ3v) is 5.60. The first-order valence-electron chi connectivity index (χ1n) is 11.0. The van der Waals surface area contributed by atoms with Crippen LogP contribution in [0.3, 0.4) is 0 Å². The van der Waals surface area contributed by atoms with E-state index in [4.69, 9.17) is 32.7 Å². The van der Waals surface area contributed by atoms with Gasteiger partial charge in [0.2, 0.25) is 5.95 Å². The Bertz CT molecular complexity index is 1490. The molecule has 3 aromatic carbocycles. The first-order chi connectivity index (χ1) is 17.8. The van der Waals surface area contributed by atoms with Crippen molar-refractivity contribution in [3.05, 3.63) is 111 Å². The van der Waals surface area contributed by atoms with Gasteiger partial charge in [-0.2, -0.15) is 5.10 Å². The normalized spacial score (nSPS) is 10.8. The number of ether oxygens (including phenoxy) is 2. The molecule has 1 aromatic heterocycles. The number of aromatic nitrogens is 2. The van der Waals surface area contributed by atoms with E-state index < -0.39 is 11.9 Å². The summed E-state index contributed by atoms with van der Waals surface area (Å²) < 4.78 is 11.1. The summed E-state index contributed by atoms with van der Waals surface area (Å²) in [6, 6.07) is 19.4. The summed E-state index contributed by atoms with van der Waals surface area (Å²) in [5.41, 5.74) is 5.10. The zero-order chi connectivity index (χ0) is 26.4. The SMILES string of the molecule is Cc1cc(C)nc(N/N=C\c2ccc(OC(=O)c3ccccc3Cl)cc2OC(=O)c2ccccc2Cl)n1. The first kappa shape index (κ1) is 25.8. The molecule has 4 rings (SSSR count). The Kier molecular flexibility index (Phi) is 8.12. The minimum atomic E-state index is -0.694. The molecule has 10 heteroatoms. The number of hydrazone groups is 1. The standard InChI is InChI=1S/C27H20Cl2N4O4/c1-16-13-17(2)32-27(31-16)33-30-15-18-11-12-19(36-25(34)20-7-3-5-9-22(20)28)14-24(18)37-26(35)21-8-4-6-10-23(21)29/h3-15H,1-2H3,(H,31,32,33)/b30-15-. The van der Waals surface area contributed by atoms with E-state index in [2.05, 4.69) is 20.5 Å². The minimum absolute atomic E-state index is 0.0845. The van der Waals surface area contributed by atoms with Gasteiger partial charge in [-0.1, -0.05) is 47.5 Å². The minimum Gasteiger partial charge on any atom is -0.423 e. The van der Waals surface area contributed by atoms with Crippen molar-refractivity contribution < 1.29 is 19.1 Å². The Labute approximate surface area is 222 Å². The molecule has 0 spiro atoms. The third-order valence-electron chi connectivity index (χ3n) is 4.94. The van der Waals surface area contributed by atoms with E-state index >= 15 is 0 Å². The third kappa shape index (κ3) is 6.69. The zero-order valence-electron chi connectivity index (χ0n) is 19.7. The van der Waals surface area contributed by atoms with Gasteiger partial charge < -0.3 is 9.47 Å². The summed E-state index contributed by atoms with van der Waals surface area (Å²) in [6.07, 6.45) is 1.43. The van der Waals surface area contributed by atoms with Gasteiger partial charge in [0.05, 0.1) is 27.4 Å². The molecule has 8 nitrogen and oxygen atoms in total. The fraction of sp³-hybridized carbons (Fsp3) is 0.0741. The summed E-state index contributed by atoms with van der Waals surface area (Å²) in [5, 5.41) is 4.64. The molecule has 0 atom stereocenters. The van der Waals surface area contributed by atoms with E-state index in [0.717, 1.165) is 11.4 Å². The number of nitrogens with one attached hydrogen (secondary N) is 1. The van der Waals surface area contributed by atoms with Gasteiger partial charge in [0.25, 0.3) is 0 Å². The number of aryl methyl sites for hydroxylation is 2. The van der Waals surface area contributed by atoms with Crippen molar-refractivity contribution in [1.29, 1.82) is 0 Å². The second-order valence-corrected chi connectivity index (χ2v) is 8.60. The van der Waals surface area contributed by atoms with Crippen LogP contribution in [0.2, 0.25) is 10.0 Å². The molecule has 0 aliphatic rings. The van der Waals surface area contributed by atoms with Gasteiger partial charge in [0.1, 0.15) is 11.5 Å². The lowest BCUT2D eigenvalue weighted by Crippen LogP contribution is -2.12. The van der Waals surface area contributed by atoms with Crippen LogP contribution in [-0.2, 0) is 0 Å². The van der Waals surface area contributed by atoms with Gasteiger partial charge in [-0.25, -0.2) is 25.0 Å². The number of hydrogen-bond acceptors (Lipinski definition) is 8. The number of halogens is 2. The van der Waals surface area contributed by atoms with Gasteiger partial charge >= 0.3 is 11.9 Å². The molecule has 0 aliphatic heterocycles. The number of benzene rings is 3. The monoisotopic (exact) mass is 534 g/mol. The summed E-state index contributed by atoms with van der Waals surface area (Å²) in [6.45, 7) is 3.69. The quantitative estimate of drug-likeness (QED) is 0.129. The lowest BCUT2D eigenvalue weighted by atomic mass is 10.2. The lowest BCUT2D eigenvalue weighted by molar-refractivity contribution is 0.0733. The molecule has 0 radical (unpaired) electrons. The van der Waals surface area contributed by atoms with Crippen LogP contribution in [0.4, 0.5) is 5.95 Å². The smallest absolute Gasteiger partial charge is 0.345 e. The molecule has 0 amide bonds. The molecule has 4 aromatic rings. The second-order valence-electron chi connectivity index (χ2n) is 7.78. The average molecular weight is 535 g/mol. The molecule has 0 fully saturated rings. The van der Waals surface area contributed by atoms with E-state index in [1.807, 2.05) is 19.9 Å². The van der Waals surface area contributed by atoms with Crippen LogP contribution in [0, 0.1) is 13.8 Å². The zero-order valence-corrected chi connectivity index (χ0v) is 21.2. The van der Waals surface area contributed by atoms with E-state index in [-0.39, 0.29) is 32.7 Å². The van der Waals surface area contributed by atoms with Crippen LogP contribution in [0.15, 0.2) is 77.9 Å². The van der Waals surface area contributed by atoms with Gasteiger partial charge in [-0.3, -0.25) is 0 Å². The Morgan fingerprint density at radius 2 is 1.38 bits per heavy atom. The summed E-state index contributed by atoms with van der Waals surface area (Å²) in [4.78, 5) is 34.0. The molecular weight excluding hydrogens is 515 g/mol. The summed E-state index contributed by atoms with van der Waals surface area (Å²) >= 11 is 12.3. The topological polar surface area (TPSA) is 103 Å². The van der Waals surface area contributed by atoms with E-state index in [1.165, 1.54) is 18.3 Å². The predicted molar refractivity (Wildman–Crippen MR) is 142 cm³/mol. The molecule has 0 aliphatic carbocycles. The maximum atomic E-state index is 12.8. The van der Waals surface area contributed by atoms with Gasteiger partial charge in [0, 0.05) is 23.0 Å². The van der Waals surface area contributed by atoms with Crippen LogP contribution in [0.5, 0.6) is 11.5 Å². The Morgan fingerprint density at radius 1 is 0.811 bits per heavy atom. The number of carbonyl (C=O) groups is 2. The first-order valence-corrected chi connectivity index (χ1v) is 11.7. The Balaban J connectivity index is 1.62. The number of carbonyl (C=O) groups excluding carboxylic acids is 2. The number of anilines is 1. The van der Waals surface area contributed by atoms with Gasteiger partial charge in [-0.05, 0) is 56.3 Å². The van der Waals surface area contributed by atoms with Crippen molar-refractivity contribution >= 4 is 47.3 Å². The summed E-state index contributed by atoms with van der Waals surface area (Å²) in [7, 11) is 0. The highest BCUT2D eigenvalue weighted by molar-refractivity contribution is 6.34. The van der Waals surface area contributed by atoms with Gasteiger partial charge in [0.15, 0.2) is 0 Å². The molecule has 1 N–H and O–H groups in total. The highest BCUT2D eigenvalue weighted by Crippen LogP contribution is 2.27. The van der Waals surface area contributed by atoms with Crippen molar-refractivity contribution in [2.75, 3.05) is 5.43 Å². The molecule has 186 valence electrons. The van der Waals surface area contributed by atoms with Crippen LogP contribution in [-0.4, -0.2) is 28.1 Å². The molecule has 0 saturated heterocycles. The fourth-order valence-corrected chi connectivity index (χ4v) is 3.70.